The molecule has 0 atom stereocenters. The molecular formula is C46H27NS3. The minimum Gasteiger partial charge on any atom is -0.310 e. The number of hydrogen-bond acceptors (Lipinski definition) is 4. The van der Waals surface area contributed by atoms with Crippen molar-refractivity contribution < 1.29 is 0 Å². The van der Waals surface area contributed by atoms with Crippen molar-refractivity contribution in [1.82, 2.24) is 0 Å². The summed E-state index contributed by atoms with van der Waals surface area (Å²) in [6.07, 6.45) is 0. The number of fused-ring (bicyclic) bond motifs is 11. The molecule has 0 saturated carbocycles. The summed E-state index contributed by atoms with van der Waals surface area (Å²) in [5.41, 5.74) is 5.90. The monoisotopic (exact) mass is 689 g/mol. The van der Waals surface area contributed by atoms with Gasteiger partial charge in [-0.1, -0.05) is 84.9 Å². The Bertz CT molecular complexity index is 2990. The van der Waals surface area contributed by atoms with Crippen LogP contribution in [0.25, 0.3) is 82.4 Å². The molecule has 50 heavy (non-hydrogen) atoms. The van der Waals surface area contributed by atoms with Crippen LogP contribution in [-0.4, -0.2) is 0 Å². The van der Waals surface area contributed by atoms with E-state index in [0.29, 0.717) is 0 Å². The highest BCUT2D eigenvalue weighted by Crippen LogP contribution is 2.44. The van der Waals surface area contributed by atoms with Gasteiger partial charge in [-0.15, -0.1) is 34.0 Å². The topological polar surface area (TPSA) is 3.24 Å². The predicted octanol–water partition coefficient (Wildman–Crippen LogP) is 15.1. The third-order valence-electron chi connectivity index (χ3n) is 10.1. The summed E-state index contributed by atoms with van der Waals surface area (Å²) in [4.78, 5) is 2.42. The van der Waals surface area contributed by atoms with Gasteiger partial charge in [0, 0.05) is 77.6 Å². The third kappa shape index (κ3) is 4.36. The fraction of sp³-hybridized carbons (Fsp3) is 0. The number of anilines is 3. The van der Waals surface area contributed by atoms with Crippen molar-refractivity contribution >= 4 is 122 Å². The second-order valence-corrected chi connectivity index (χ2v) is 16.2. The van der Waals surface area contributed by atoms with Crippen molar-refractivity contribution in [2.75, 3.05) is 4.90 Å². The van der Waals surface area contributed by atoms with Crippen LogP contribution < -0.4 is 4.90 Å². The summed E-state index contributed by atoms with van der Waals surface area (Å²) in [5, 5.41) is 10.5. The van der Waals surface area contributed by atoms with Crippen molar-refractivity contribution in [3.8, 4) is 11.1 Å². The first-order chi connectivity index (χ1) is 24.7. The second-order valence-electron chi connectivity index (χ2n) is 12.9. The van der Waals surface area contributed by atoms with Gasteiger partial charge in [-0.05, 0) is 101 Å². The molecule has 0 aliphatic carbocycles. The van der Waals surface area contributed by atoms with E-state index in [2.05, 4.69) is 169 Å². The number of nitrogens with zero attached hydrogens (tertiary/aromatic N) is 1. The van der Waals surface area contributed by atoms with Gasteiger partial charge in [0.1, 0.15) is 0 Å². The van der Waals surface area contributed by atoms with Gasteiger partial charge in [-0.2, -0.15) is 0 Å². The number of hydrogen-bond donors (Lipinski definition) is 0. The first kappa shape index (κ1) is 28.3. The smallest absolute Gasteiger partial charge is 0.0468 e. The molecule has 8 aromatic carbocycles. The Balaban J connectivity index is 1.07. The lowest BCUT2D eigenvalue weighted by atomic mass is 9.98. The maximum Gasteiger partial charge on any atom is 0.0468 e. The Kier molecular flexibility index (Phi) is 6.23. The van der Waals surface area contributed by atoms with Gasteiger partial charge in [-0.25, -0.2) is 0 Å². The summed E-state index contributed by atoms with van der Waals surface area (Å²) in [7, 11) is 0. The Hall–Kier alpha value is -5.52. The normalized spacial score (nSPS) is 12.0. The fourth-order valence-electron chi connectivity index (χ4n) is 7.68. The zero-order chi connectivity index (χ0) is 32.8. The minimum atomic E-state index is 1.14. The summed E-state index contributed by atoms with van der Waals surface area (Å²) in [5.74, 6) is 0. The summed E-state index contributed by atoms with van der Waals surface area (Å²) < 4.78 is 7.95. The lowest BCUT2D eigenvalue weighted by Crippen LogP contribution is -2.09. The van der Waals surface area contributed by atoms with Crippen molar-refractivity contribution in [2.45, 2.75) is 0 Å². The first-order valence-corrected chi connectivity index (χ1v) is 19.3. The Morgan fingerprint density at radius 3 is 1.40 bits per heavy atom. The standard InChI is InChI=1S/C46H27NS3/c1-4-10-40-34(7-1)38-26-32(20-23-43(38)48-40)47(33-21-24-44-39(27-33)35-8-2-5-11-41(35)49-44)31-18-15-28(16-19-31)30-14-13-29-17-22-45-46(37(29)25-30)36-9-3-6-12-42(36)50-45/h1-27H. The van der Waals surface area contributed by atoms with E-state index in [9.17, 15) is 0 Å². The van der Waals surface area contributed by atoms with Crippen LogP contribution in [0.5, 0.6) is 0 Å². The number of thiophene rings is 3. The predicted molar refractivity (Wildman–Crippen MR) is 223 cm³/mol. The SMILES string of the molecule is c1ccc2c(c1)sc1ccc(N(c3ccc(-c4ccc5ccc6sc7ccccc7c6c5c4)cc3)c3ccc4sc5ccccc5c4c3)cc12. The molecule has 11 rings (SSSR count). The quantitative estimate of drug-likeness (QED) is 0.178. The highest BCUT2D eigenvalue weighted by Gasteiger charge is 2.17. The molecule has 234 valence electrons. The van der Waals surface area contributed by atoms with E-state index in [1.807, 2.05) is 34.0 Å². The van der Waals surface area contributed by atoms with Crippen LogP contribution in [0.1, 0.15) is 0 Å². The van der Waals surface area contributed by atoms with Gasteiger partial charge < -0.3 is 4.90 Å². The van der Waals surface area contributed by atoms with Crippen molar-refractivity contribution in [1.29, 1.82) is 0 Å². The van der Waals surface area contributed by atoms with Crippen LogP contribution in [0.4, 0.5) is 17.1 Å². The van der Waals surface area contributed by atoms with Crippen LogP contribution in [0.3, 0.4) is 0 Å². The molecule has 0 bridgehead atoms. The average Bonchev–Trinajstić information content (AvgIpc) is 3.86. The van der Waals surface area contributed by atoms with Gasteiger partial charge in [0.15, 0.2) is 0 Å². The van der Waals surface area contributed by atoms with E-state index in [1.54, 1.807) is 0 Å². The van der Waals surface area contributed by atoms with E-state index >= 15 is 0 Å². The molecule has 0 aliphatic heterocycles. The maximum absolute atomic E-state index is 2.42. The first-order valence-electron chi connectivity index (χ1n) is 16.8. The molecule has 3 aromatic heterocycles. The van der Waals surface area contributed by atoms with E-state index in [-0.39, 0.29) is 0 Å². The van der Waals surface area contributed by atoms with Crippen LogP contribution >= 0.6 is 34.0 Å². The molecule has 0 saturated heterocycles. The third-order valence-corrected chi connectivity index (χ3v) is 13.5. The van der Waals surface area contributed by atoms with Gasteiger partial charge in [0.25, 0.3) is 0 Å². The largest absolute Gasteiger partial charge is 0.310 e. The highest BCUT2D eigenvalue weighted by atomic mass is 32.1. The molecular weight excluding hydrogens is 663 g/mol. The molecule has 0 amide bonds. The molecule has 0 fully saturated rings. The summed E-state index contributed by atoms with van der Waals surface area (Å²) >= 11 is 5.61. The number of rotatable bonds is 4. The van der Waals surface area contributed by atoms with E-state index in [0.717, 1.165) is 17.1 Å². The molecule has 11 aromatic rings. The van der Waals surface area contributed by atoms with Gasteiger partial charge in [-0.3, -0.25) is 0 Å². The molecule has 0 radical (unpaired) electrons. The van der Waals surface area contributed by atoms with Gasteiger partial charge in [0.05, 0.1) is 0 Å². The highest BCUT2D eigenvalue weighted by molar-refractivity contribution is 7.26. The van der Waals surface area contributed by atoms with Crippen molar-refractivity contribution in [3.05, 3.63) is 164 Å². The second kappa shape index (κ2) is 11.0. The van der Waals surface area contributed by atoms with Crippen LogP contribution in [-0.2, 0) is 0 Å². The Labute approximate surface area is 300 Å². The molecule has 0 aliphatic rings. The van der Waals surface area contributed by atoms with Crippen molar-refractivity contribution in [2.24, 2.45) is 0 Å². The Morgan fingerprint density at radius 1 is 0.300 bits per heavy atom. The molecule has 1 nitrogen and oxygen atoms in total. The Morgan fingerprint density at radius 2 is 0.760 bits per heavy atom. The molecule has 0 unspecified atom stereocenters. The fourth-order valence-corrected chi connectivity index (χ4v) is 11.0. The minimum absolute atomic E-state index is 1.14. The van der Waals surface area contributed by atoms with E-state index < -0.39 is 0 Å². The summed E-state index contributed by atoms with van der Waals surface area (Å²) in [6, 6.07) is 60.8. The van der Waals surface area contributed by atoms with Crippen LogP contribution in [0.2, 0.25) is 0 Å². The average molecular weight is 690 g/mol. The number of benzene rings is 8. The lowest BCUT2D eigenvalue weighted by molar-refractivity contribution is 1.30. The molecule has 3 heterocycles. The zero-order valence-corrected chi connectivity index (χ0v) is 29.2. The van der Waals surface area contributed by atoms with Crippen LogP contribution in [0.15, 0.2) is 164 Å². The van der Waals surface area contributed by atoms with E-state index in [1.165, 1.54) is 82.4 Å². The van der Waals surface area contributed by atoms with Crippen LogP contribution in [0, 0.1) is 0 Å². The lowest BCUT2D eigenvalue weighted by Gasteiger charge is -2.26. The maximum atomic E-state index is 2.42. The summed E-state index contributed by atoms with van der Waals surface area (Å²) in [6.45, 7) is 0. The van der Waals surface area contributed by atoms with Gasteiger partial charge >= 0.3 is 0 Å². The zero-order valence-electron chi connectivity index (χ0n) is 26.8. The van der Waals surface area contributed by atoms with Crippen molar-refractivity contribution in [3.63, 3.8) is 0 Å². The van der Waals surface area contributed by atoms with Gasteiger partial charge in [0.2, 0.25) is 0 Å². The molecule has 0 N–H and O–H groups in total. The molecule has 0 spiro atoms. The molecule has 4 heteroatoms. The van der Waals surface area contributed by atoms with E-state index in [4.69, 9.17) is 0 Å².